The van der Waals surface area contributed by atoms with Gasteiger partial charge < -0.3 is 15.3 Å². The van der Waals surface area contributed by atoms with Crippen LogP contribution in [0.15, 0.2) is 60.9 Å². The number of benzene rings is 2. The molecule has 0 radical (unpaired) electrons. The number of aliphatic carboxylic acids is 1. The zero-order valence-corrected chi connectivity index (χ0v) is 19.1. The molecule has 184 valence electrons. The van der Waals surface area contributed by atoms with E-state index < -0.39 is 12.1 Å². The van der Waals surface area contributed by atoms with Crippen LogP contribution in [0.1, 0.15) is 0 Å². The SMILES string of the molecule is CN(C)c1ccccc1-c1ccc2c(cnn2CC(=O)Nc2ccnn2C)c1.O=C(O)C(F)(F)F. The molecule has 9 nitrogen and oxygen atoms in total. The molecular formula is C23H23F3N6O3. The summed E-state index contributed by atoms with van der Waals surface area (Å²) in [5, 5.41) is 19.4. The van der Waals surface area contributed by atoms with Gasteiger partial charge in [0.1, 0.15) is 12.4 Å². The van der Waals surface area contributed by atoms with Gasteiger partial charge in [0.15, 0.2) is 0 Å². The Bertz CT molecular complexity index is 1340. The molecule has 0 aliphatic heterocycles. The van der Waals surface area contributed by atoms with Gasteiger partial charge >= 0.3 is 12.1 Å². The number of anilines is 2. The zero-order chi connectivity index (χ0) is 25.8. The van der Waals surface area contributed by atoms with Crippen molar-refractivity contribution in [3.63, 3.8) is 0 Å². The lowest BCUT2D eigenvalue weighted by molar-refractivity contribution is -0.192. The Labute approximate surface area is 198 Å². The Morgan fingerprint density at radius 1 is 1.09 bits per heavy atom. The molecule has 0 aliphatic carbocycles. The molecule has 2 aromatic carbocycles. The first-order valence-electron chi connectivity index (χ1n) is 10.3. The zero-order valence-electron chi connectivity index (χ0n) is 19.1. The molecule has 0 atom stereocenters. The van der Waals surface area contributed by atoms with Gasteiger partial charge in [0.05, 0.1) is 17.9 Å². The van der Waals surface area contributed by atoms with Crippen molar-refractivity contribution in [3.8, 4) is 11.1 Å². The summed E-state index contributed by atoms with van der Waals surface area (Å²) in [6.07, 6.45) is -1.64. The largest absolute Gasteiger partial charge is 0.490 e. The molecule has 4 aromatic rings. The van der Waals surface area contributed by atoms with E-state index in [9.17, 15) is 18.0 Å². The molecule has 0 bridgehead atoms. The third kappa shape index (κ3) is 6.16. The van der Waals surface area contributed by atoms with Crippen molar-refractivity contribution < 1.29 is 27.9 Å². The lowest BCUT2D eigenvalue weighted by Gasteiger charge is -2.17. The lowest BCUT2D eigenvalue weighted by atomic mass is 10.0. The number of alkyl halides is 3. The van der Waals surface area contributed by atoms with Crippen LogP contribution in [-0.4, -0.2) is 56.8 Å². The molecule has 1 amide bonds. The Kier molecular flexibility index (Phi) is 7.43. The number of aryl methyl sites for hydroxylation is 1. The second kappa shape index (κ2) is 10.3. The summed E-state index contributed by atoms with van der Waals surface area (Å²) in [4.78, 5) is 23.4. The molecule has 0 saturated heterocycles. The first-order chi connectivity index (χ1) is 16.5. The Hall–Kier alpha value is -4.35. The number of carboxylic acids is 1. The summed E-state index contributed by atoms with van der Waals surface area (Å²) in [7, 11) is 5.86. The van der Waals surface area contributed by atoms with E-state index in [-0.39, 0.29) is 12.5 Å². The van der Waals surface area contributed by atoms with Crippen molar-refractivity contribution in [3.05, 3.63) is 60.9 Å². The van der Waals surface area contributed by atoms with E-state index in [4.69, 9.17) is 9.90 Å². The molecule has 0 aliphatic rings. The van der Waals surface area contributed by atoms with Gasteiger partial charge in [0, 0.05) is 43.8 Å². The van der Waals surface area contributed by atoms with Crippen molar-refractivity contribution in [1.29, 1.82) is 0 Å². The van der Waals surface area contributed by atoms with Gasteiger partial charge in [-0.15, -0.1) is 0 Å². The van der Waals surface area contributed by atoms with Crippen LogP contribution in [0.5, 0.6) is 0 Å². The van der Waals surface area contributed by atoms with E-state index in [1.54, 1.807) is 34.9 Å². The van der Waals surface area contributed by atoms with Crippen LogP contribution in [0.25, 0.3) is 22.0 Å². The van der Waals surface area contributed by atoms with Gasteiger partial charge in [0.2, 0.25) is 5.91 Å². The van der Waals surface area contributed by atoms with Crippen molar-refractivity contribution in [2.45, 2.75) is 12.7 Å². The molecule has 35 heavy (non-hydrogen) atoms. The van der Waals surface area contributed by atoms with Crippen LogP contribution < -0.4 is 10.2 Å². The highest BCUT2D eigenvalue weighted by Crippen LogP contribution is 2.31. The number of amides is 1. The minimum atomic E-state index is -5.08. The molecule has 0 spiro atoms. The number of halogens is 3. The van der Waals surface area contributed by atoms with Gasteiger partial charge in [0.25, 0.3) is 0 Å². The summed E-state index contributed by atoms with van der Waals surface area (Å²) in [6.45, 7) is 0.141. The predicted octanol–water partition coefficient (Wildman–Crippen LogP) is 3.77. The van der Waals surface area contributed by atoms with Crippen molar-refractivity contribution >= 4 is 34.3 Å². The Morgan fingerprint density at radius 2 is 1.77 bits per heavy atom. The number of nitrogens with zero attached hydrogens (tertiary/aromatic N) is 5. The number of aromatic nitrogens is 4. The van der Waals surface area contributed by atoms with Gasteiger partial charge in [-0.05, 0) is 23.8 Å². The summed E-state index contributed by atoms with van der Waals surface area (Å²) in [5.74, 6) is -2.24. The summed E-state index contributed by atoms with van der Waals surface area (Å²) in [5.41, 5.74) is 4.36. The average molecular weight is 488 g/mol. The van der Waals surface area contributed by atoms with Gasteiger partial charge in [-0.2, -0.15) is 23.4 Å². The maximum atomic E-state index is 12.4. The van der Waals surface area contributed by atoms with E-state index in [1.807, 2.05) is 32.3 Å². The first kappa shape index (κ1) is 25.3. The Balaban J connectivity index is 0.000000429. The van der Waals surface area contributed by atoms with Crippen LogP contribution >= 0.6 is 0 Å². The van der Waals surface area contributed by atoms with E-state index in [0.29, 0.717) is 5.82 Å². The molecule has 2 aromatic heterocycles. The molecule has 2 N–H and O–H groups in total. The molecular weight excluding hydrogens is 465 g/mol. The highest BCUT2D eigenvalue weighted by atomic mass is 19.4. The smallest absolute Gasteiger partial charge is 0.475 e. The molecule has 2 heterocycles. The molecule has 0 saturated carbocycles. The van der Waals surface area contributed by atoms with E-state index in [2.05, 4.69) is 44.7 Å². The number of rotatable bonds is 5. The number of fused-ring (bicyclic) bond motifs is 1. The standard InChI is InChI=1S/C21H22N6O.C2HF3O2/c1-25(2)19-7-5-4-6-17(19)15-8-9-18-16(12-15)13-23-27(18)14-21(28)24-20-10-11-22-26(20)3;3-2(4,5)1(6)7/h4-13H,14H2,1-3H3,(H,24,28);(H,6,7). The number of hydrogen-bond donors (Lipinski definition) is 2. The van der Waals surface area contributed by atoms with Crippen LogP contribution in [-0.2, 0) is 23.2 Å². The lowest BCUT2D eigenvalue weighted by Crippen LogP contribution is -2.21. The second-order valence-corrected chi connectivity index (χ2v) is 7.68. The predicted molar refractivity (Wildman–Crippen MR) is 125 cm³/mol. The normalized spacial score (nSPS) is 11.0. The Morgan fingerprint density at radius 3 is 2.37 bits per heavy atom. The molecule has 12 heteroatoms. The number of carboxylic acid groups (broad SMARTS) is 1. The summed E-state index contributed by atoms with van der Waals surface area (Å²) in [6, 6.07) is 16.3. The summed E-state index contributed by atoms with van der Waals surface area (Å²) < 4.78 is 35.1. The van der Waals surface area contributed by atoms with Gasteiger partial charge in [-0.1, -0.05) is 24.3 Å². The van der Waals surface area contributed by atoms with Crippen LogP contribution in [0.3, 0.4) is 0 Å². The van der Waals surface area contributed by atoms with Crippen LogP contribution in [0, 0.1) is 0 Å². The highest BCUT2D eigenvalue weighted by Gasteiger charge is 2.38. The monoisotopic (exact) mass is 488 g/mol. The van der Waals surface area contributed by atoms with Crippen LogP contribution in [0.2, 0.25) is 0 Å². The van der Waals surface area contributed by atoms with Gasteiger partial charge in [-0.25, -0.2) is 4.79 Å². The minimum absolute atomic E-state index is 0.141. The van der Waals surface area contributed by atoms with Crippen LogP contribution in [0.4, 0.5) is 24.7 Å². The maximum absolute atomic E-state index is 12.4. The quantitative estimate of drug-likeness (QED) is 0.443. The van der Waals surface area contributed by atoms with Gasteiger partial charge in [-0.3, -0.25) is 14.2 Å². The van der Waals surface area contributed by atoms with E-state index in [1.165, 1.54) is 0 Å². The third-order valence-electron chi connectivity index (χ3n) is 4.96. The molecule has 4 rings (SSSR count). The fraction of sp³-hybridized carbons (Fsp3) is 0.217. The number of carbonyl (C=O) groups is 2. The topological polar surface area (TPSA) is 105 Å². The minimum Gasteiger partial charge on any atom is -0.475 e. The van der Waals surface area contributed by atoms with Crippen molar-refractivity contribution in [2.24, 2.45) is 7.05 Å². The molecule has 0 fully saturated rings. The molecule has 0 unspecified atom stereocenters. The fourth-order valence-electron chi connectivity index (χ4n) is 3.30. The highest BCUT2D eigenvalue weighted by molar-refractivity contribution is 5.92. The second-order valence-electron chi connectivity index (χ2n) is 7.68. The number of hydrogen-bond acceptors (Lipinski definition) is 5. The summed E-state index contributed by atoms with van der Waals surface area (Å²) >= 11 is 0. The van der Waals surface area contributed by atoms with E-state index >= 15 is 0 Å². The van der Waals surface area contributed by atoms with E-state index in [0.717, 1.165) is 27.7 Å². The number of nitrogens with one attached hydrogen (secondary N) is 1. The average Bonchev–Trinajstić information content (AvgIpc) is 3.39. The fourth-order valence-corrected chi connectivity index (χ4v) is 3.30. The van der Waals surface area contributed by atoms with Crippen molar-refractivity contribution in [1.82, 2.24) is 19.6 Å². The third-order valence-corrected chi connectivity index (χ3v) is 4.96. The first-order valence-corrected chi connectivity index (χ1v) is 10.3. The number of para-hydroxylation sites is 1. The van der Waals surface area contributed by atoms with Crippen molar-refractivity contribution in [2.75, 3.05) is 24.3 Å². The number of carbonyl (C=O) groups excluding carboxylic acids is 1. The maximum Gasteiger partial charge on any atom is 0.490 e.